The number of fused-ring (bicyclic) bond motifs is 13. The first-order chi connectivity index (χ1) is 32.2. The molecule has 0 fully saturated rings. The molecule has 65 heavy (non-hydrogen) atoms. The zero-order valence-electron chi connectivity index (χ0n) is 34.7. The van der Waals surface area contributed by atoms with Crippen LogP contribution in [0.15, 0.2) is 194 Å². The standard InChI is InChI=1S/C59H32N6/c60-33-36-25-27-39(28-26-36)54-58(63-48-21-9-5-17-42(48)43-18-6-10-22-49(43)63)46(34-61)57(47(35-62)59(54)64-50-23-11-7-19-44(50)45-20-8-12-24-51(45)64)65-52-31-29-37-13-1-3-15-40(37)55(52)56-41-16-4-2-14-38(41)30-32-53(56)65/h1-32H. The number of aromatic nitrogens is 3. The lowest BCUT2D eigenvalue weighted by molar-refractivity contribution is 1.08. The van der Waals surface area contributed by atoms with Crippen LogP contribution in [0.25, 0.3) is 115 Å². The number of hydrogen-bond donors (Lipinski definition) is 0. The Morgan fingerprint density at radius 1 is 0.292 bits per heavy atom. The molecule has 0 amide bonds. The predicted molar refractivity (Wildman–Crippen MR) is 264 cm³/mol. The Kier molecular flexibility index (Phi) is 7.70. The first-order valence-corrected chi connectivity index (χ1v) is 21.5. The highest BCUT2D eigenvalue weighted by molar-refractivity contribution is 6.29. The van der Waals surface area contributed by atoms with E-state index in [1.807, 2.05) is 72.8 Å². The SMILES string of the molecule is N#Cc1ccc(-c2c(-n3c4ccccc4c4ccccc43)c(C#N)c(-n3c4ccc5ccccc5c4c4c5ccccc5ccc43)c(C#N)c2-n2c3ccccc3c3ccccc32)cc1. The summed E-state index contributed by atoms with van der Waals surface area (Å²) >= 11 is 0. The molecule has 0 aliphatic carbocycles. The second-order valence-corrected chi connectivity index (χ2v) is 16.5. The minimum atomic E-state index is 0.344. The van der Waals surface area contributed by atoms with Crippen LogP contribution in [0.2, 0.25) is 0 Å². The van der Waals surface area contributed by atoms with Gasteiger partial charge in [-0.1, -0.05) is 146 Å². The molecule has 0 unspecified atom stereocenters. The quantitative estimate of drug-likeness (QED) is 0.177. The molecule has 0 radical (unpaired) electrons. The fourth-order valence-corrected chi connectivity index (χ4v) is 10.7. The van der Waals surface area contributed by atoms with Crippen LogP contribution in [-0.2, 0) is 0 Å². The van der Waals surface area contributed by atoms with Crippen LogP contribution in [0, 0.1) is 34.0 Å². The highest BCUT2D eigenvalue weighted by Gasteiger charge is 2.33. The summed E-state index contributed by atoms with van der Waals surface area (Å²) in [5.74, 6) is 0. The van der Waals surface area contributed by atoms with E-state index in [0.717, 1.165) is 92.5 Å². The molecule has 3 heterocycles. The molecule has 298 valence electrons. The summed E-state index contributed by atoms with van der Waals surface area (Å²) < 4.78 is 6.62. The Morgan fingerprint density at radius 3 is 1.03 bits per heavy atom. The van der Waals surface area contributed by atoms with Crippen molar-refractivity contribution in [3.8, 4) is 46.4 Å². The number of nitriles is 3. The Bertz CT molecular complexity index is 3980. The van der Waals surface area contributed by atoms with E-state index in [1.165, 1.54) is 0 Å². The second kappa shape index (κ2) is 13.8. The van der Waals surface area contributed by atoms with Crippen molar-refractivity contribution in [3.05, 3.63) is 211 Å². The van der Waals surface area contributed by atoms with E-state index in [4.69, 9.17) is 0 Å². The Balaban J connectivity index is 1.36. The minimum Gasteiger partial charge on any atom is -0.307 e. The maximum atomic E-state index is 12.1. The summed E-state index contributed by atoms with van der Waals surface area (Å²) in [6.45, 7) is 0. The zero-order chi connectivity index (χ0) is 43.3. The van der Waals surface area contributed by atoms with Crippen LogP contribution in [0.5, 0.6) is 0 Å². The number of rotatable bonds is 4. The van der Waals surface area contributed by atoms with Crippen LogP contribution in [0.4, 0.5) is 0 Å². The predicted octanol–water partition coefficient (Wildman–Crippen LogP) is 14.6. The summed E-state index contributed by atoms with van der Waals surface area (Å²) in [5, 5.41) is 44.9. The van der Waals surface area contributed by atoms with Gasteiger partial charge in [-0.2, -0.15) is 15.8 Å². The van der Waals surface area contributed by atoms with Crippen LogP contribution in [0.1, 0.15) is 16.7 Å². The van der Waals surface area contributed by atoms with Gasteiger partial charge in [0.05, 0.1) is 61.8 Å². The van der Waals surface area contributed by atoms with E-state index >= 15 is 0 Å². The molecule has 10 aromatic carbocycles. The van der Waals surface area contributed by atoms with Gasteiger partial charge in [-0.05, 0) is 75.6 Å². The fourth-order valence-electron chi connectivity index (χ4n) is 10.7. The van der Waals surface area contributed by atoms with Crippen LogP contribution in [0.3, 0.4) is 0 Å². The van der Waals surface area contributed by atoms with Gasteiger partial charge in [0.25, 0.3) is 0 Å². The molecule has 6 nitrogen and oxygen atoms in total. The smallest absolute Gasteiger partial charge is 0.104 e. The fraction of sp³-hybridized carbons (Fsp3) is 0. The molecule has 0 aliphatic rings. The number of hydrogen-bond acceptors (Lipinski definition) is 3. The summed E-state index contributed by atoms with van der Waals surface area (Å²) in [5.41, 5.74) is 9.86. The summed E-state index contributed by atoms with van der Waals surface area (Å²) in [7, 11) is 0. The molecule has 0 saturated heterocycles. The third-order valence-corrected chi connectivity index (χ3v) is 13.3. The van der Waals surface area contributed by atoms with Gasteiger partial charge in [0.2, 0.25) is 0 Å². The lowest BCUT2D eigenvalue weighted by atomic mass is 9.91. The molecule has 0 saturated carbocycles. The number of para-hydroxylation sites is 4. The van der Waals surface area contributed by atoms with E-state index in [0.29, 0.717) is 39.3 Å². The normalized spacial score (nSPS) is 11.6. The largest absolute Gasteiger partial charge is 0.307 e. The van der Waals surface area contributed by atoms with Crippen molar-refractivity contribution >= 4 is 87.0 Å². The van der Waals surface area contributed by atoms with Gasteiger partial charge in [0.15, 0.2) is 0 Å². The third kappa shape index (κ3) is 4.95. The number of nitrogens with zero attached hydrogens (tertiary/aromatic N) is 6. The Hall–Kier alpha value is -9.41. The molecule has 0 aliphatic heterocycles. The summed E-state index contributed by atoms with van der Waals surface area (Å²) in [6, 6.07) is 74.1. The summed E-state index contributed by atoms with van der Waals surface area (Å²) in [4.78, 5) is 0. The van der Waals surface area contributed by atoms with E-state index in [1.54, 1.807) is 0 Å². The van der Waals surface area contributed by atoms with Crippen molar-refractivity contribution in [2.75, 3.05) is 0 Å². The van der Waals surface area contributed by atoms with Crippen LogP contribution in [-0.4, -0.2) is 13.7 Å². The van der Waals surface area contributed by atoms with Crippen molar-refractivity contribution in [1.29, 1.82) is 15.8 Å². The van der Waals surface area contributed by atoms with Gasteiger partial charge >= 0.3 is 0 Å². The lowest BCUT2D eigenvalue weighted by Gasteiger charge is -2.26. The Labute approximate surface area is 372 Å². The maximum absolute atomic E-state index is 12.1. The highest BCUT2D eigenvalue weighted by atomic mass is 15.1. The van der Waals surface area contributed by atoms with Crippen molar-refractivity contribution in [1.82, 2.24) is 13.7 Å². The molecule has 0 N–H and O–H groups in total. The van der Waals surface area contributed by atoms with Crippen LogP contribution < -0.4 is 0 Å². The maximum Gasteiger partial charge on any atom is 0.104 e. The molecule has 0 atom stereocenters. The molecule has 3 aromatic heterocycles. The van der Waals surface area contributed by atoms with Gasteiger partial charge in [-0.15, -0.1) is 0 Å². The summed E-state index contributed by atoms with van der Waals surface area (Å²) in [6.07, 6.45) is 0. The molecular formula is C59H32N6. The second-order valence-electron chi connectivity index (χ2n) is 16.5. The van der Waals surface area contributed by atoms with Crippen molar-refractivity contribution < 1.29 is 0 Å². The van der Waals surface area contributed by atoms with Gasteiger partial charge in [0, 0.05) is 37.9 Å². The van der Waals surface area contributed by atoms with Gasteiger partial charge in [0.1, 0.15) is 23.3 Å². The molecule has 0 spiro atoms. The molecule has 0 bridgehead atoms. The minimum absolute atomic E-state index is 0.344. The van der Waals surface area contributed by atoms with Gasteiger partial charge in [-0.25, -0.2) is 0 Å². The molecular weight excluding hydrogens is 793 g/mol. The van der Waals surface area contributed by atoms with E-state index in [-0.39, 0.29) is 0 Å². The molecule has 13 aromatic rings. The monoisotopic (exact) mass is 824 g/mol. The first kappa shape index (κ1) is 36.3. The zero-order valence-corrected chi connectivity index (χ0v) is 34.7. The van der Waals surface area contributed by atoms with E-state index < -0.39 is 0 Å². The van der Waals surface area contributed by atoms with Crippen molar-refractivity contribution in [3.63, 3.8) is 0 Å². The van der Waals surface area contributed by atoms with Gasteiger partial charge in [-0.3, -0.25) is 0 Å². The number of benzene rings is 10. The van der Waals surface area contributed by atoms with E-state index in [2.05, 4.69) is 153 Å². The Morgan fingerprint density at radius 2 is 0.646 bits per heavy atom. The van der Waals surface area contributed by atoms with Gasteiger partial charge < -0.3 is 13.7 Å². The van der Waals surface area contributed by atoms with Crippen molar-refractivity contribution in [2.45, 2.75) is 0 Å². The first-order valence-electron chi connectivity index (χ1n) is 21.5. The average Bonchev–Trinajstić information content (AvgIpc) is 4.01. The molecule has 6 heteroatoms. The average molecular weight is 825 g/mol. The van der Waals surface area contributed by atoms with Crippen molar-refractivity contribution in [2.24, 2.45) is 0 Å². The third-order valence-electron chi connectivity index (χ3n) is 13.3. The van der Waals surface area contributed by atoms with E-state index in [9.17, 15) is 15.8 Å². The lowest BCUT2D eigenvalue weighted by Crippen LogP contribution is -2.14. The molecule has 13 rings (SSSR count). The van der Waals surface area contributed by atoms with Crippen LogP contribution >= 0.6 is 0 Å². The highest BCUT2D eigenvalue weighted by Crippen LogP contribution is 2.50. The topological polar surface area (TPSA) is 86.2 Å².